The molecule has 2 heterocycles. The highest BCUT2D eigenvalue weighted by Crippen LogP contribution is 2.35. The third-order valence-corrected chi connectivity index (χ3v) is 5.06. The summed E-state index contributed by atoms with van der Waals surface area (Å²) < 4.78 is 17.7. The van der Waals surface area contributed by atoms with Crippen LogP contribution in [0.3, 0.4) is 0 Å². The number of benzene rings is 2. The first-order chi connectivity index (χ1) is 12.3. The summed E-state index contributed by atoms with van der Waals surface area (Å²) in [7, 11) is 2.12. The van der Waals surface area contributed by atoms with Gasteiger partial charge in [0.1, 0.15) is 10.8 Å². The number of nitrogens with zero attached hydrogens (tertiary/aromatic N) is 2. The van der Waals surface area contributed by atoms with E-state index in [0.29, 0.717) is 6.61 Å². The molecule has 130 valence electrons. The first-order valence-corrected chi connectivity index (χ1v) is 9.15. The Hall–Kier alpha value is -2.31. The first-order valence-electron chi connectivity index (χ1n) is 8.33. The second-order valence-corrected chi connectivity index (χ2v) is 7.15. The molecule has 0 N–H and O–H groups in total. The van der Waals surface area contributed by atoms with Gasteiger partial charge in [-0.25, -0.2) is 4.98 Å². The molecule has 0 unspecified atom stereocenters. The number of thiazole rings is 1. The molecule has 1 aliphatic heterocycles. The fourth-order valence-corrected chi connectivity index (χ4v) is 3.84. The van der Waals surface area contributed by atoms with Crippen molar-refractivity contribution in [3.63, 3.8) is 0 Å². The van der Waals surface area contributed by atoms with E-state index in [0.717, 1.165) is 47.3 Å². The summed E-state index contributed by atoms with van der Waals surface area (Å²) in [5.41, 5.74) is 1.09. The van der Waals surface area contributed by atoms with Gasteiger partial charge < -0.3 is 14.2 Å². The lowest BCUT2D eigenvalue weighted by atomic mass is 10.3. The predicted octanol–water partition coefficient (Wildman–Crippen LogP) is 3.93. The summed E-state index contributed by atoms with van der Waals surface area (Å²) >= 11 is 1.76. The SMILES string of the molecule is CN(CCCOc1ccc2c(c1)OCO2)Cc1nc2ccccc2s1. The van der Waals surface area contributed by atoms with Crippen molar-refractivity contribution in [3.8, 4) is 17.2 Å². The Balaban J connectivity index is 1.23. The van der Waals surface area contributed by atoms with Crippen molar-refractivity contribution >= 4 is 21.6 Å². The molecule has 3 aromatic rings. The van der Waals surface area contributed by atoms with Crippen molar-refractivity contribution in [2.24, 2.45) is 0 Å². The number of hydrogen-bond donors (Lipinski definition) is 0. The van der Waals surface area contributed by atoms with Gasteiger partial charge in [0, 0.05) is 12.6 Å². The Labute approximate surface area is 150 Å². The second kappa shape index (κ2) is 7.29. The van der Waals surface area contributed by atoms with E-state index < -0.39 is 0 Å². The lowest BCUT2D eigenvalue weighted by Gasteiger charge is -2.15. The molecule has 0 fully saturated rings. The van der Waals surface area contributed by atoms with Crippen molar-refractivity contribution < 1.29 is 14.2 Å². The molecular weight excluding hydrogens is 336 g/mol. The van der Waals surface area contributed by atoms with Gasteiger partial charge in [0.2, 0.25) is 6.79 Å². The summed E-state index contributed by atoms with van der Waals surface area (Å²) in [6.45, 7) is 2.78. The molecule has 0 saturated carbocycles. The molecule has 0 radical (unpaired) electrons. The van der Waals surface area contributed by atoms with E-state index in [2.05, 4.69) is 35.1 Å². The van der Waals surface area contributed by atoms with Gasteiger partial charge in [-0.3, -0.25) is 4.90 Å². The molecular formula is C19H20N2O3S. The molecule has 1 aliphatic rings. The topological polar surface area (TPSA) is 43.8 Å². The van der Waals surface area contributed by atoms with Gasteiger partial charge >= 0.3 is 0 Å². The molecule has 0 saturated heterocycles. The molecule has 25 heavy (non-hydrogen) atoms. The highest BCUT2D eigenvalue weighted by atomic mass is 32.1. The third-order valence-electron chi connectivity index (χ3n) is 4.04. The molecule has 4 rings (SSSR count). The van der Waals surface area contributed by atoms with Crippen LogP contribution in [0.25, 0.3) is 10.2 Å². The summed E-state index contributed by atoms with van der Waals surface area (Å²) in [6, 6.07) is 14.0. The Bertz CT molecular complexity index is 832. The minimum absolute atomic E-state index is 0.287. The van der Waals surface area contributed by atoms with Gasteiger partial charge in [0.05, 0.1) is 23.4 Å². The van der Waals surface area contributed by atoms with E-state index in [-0.39, 0.29) is 6.79 Å². The van der Waals surface area contributed by atoms with Crippen LogP contribution in [0.2, 0.25) is 0 Å². The minimum Gasteiger partial charge on any atom is -0.493 e. The first kappa shape index (κ1) is 16.2. The zero-order valence-electron chi connectivity index (χ0n) is 14.1. The van der Waals surface area contributed by atoms with Crippen LogP contribution in [0.5, 0.6) is 17.2 Å². The van der Waals surface area contributed by atoms with Crippen molar-refractivity contribution in [2.75, 3.05) is 27.0 Å². The van der Waals surface area contributed by atoms with E-state index in [1.54, 1.807) is 11.3 Å². The molecule has 1 aromatic heterocycles. The molecule has 0 amide bonds. The van der Waals surface area contributed by atoms with Crippen LogP contribution >= 0.6 is 11.3 Å². The maximum Gasteiger partial charge on any atom is 0.231 e. The highest BCUT2D eigenvalue weighted by molar-refractivity contribution is 7.18. The minimum atomic E-state index is 0.287. The Morgan fingerprint density at radius 2 is 2.04 bits per heavy atom. The maximum atomic E-state index is 5.80. The number of aromatic nitrogens is 1. The van der Waals surface area contributed by atoms with Gasteiger partial charge in [0.15, 0.2) is 11.5 Å². The second-order valence-electron chi connectivity index (χ2n) is 6.03. The van der Waals surface area contributed by atoms with Gasteiger partial charge in [-0.2, -0.15) is 0 Å². The number of rotatable bonds is 7. The zero-order valence-corrected chi connectivity index (χ0v) is 14.9. The average molecular weight is 356 g/mol. The van der Waals surface area contributed by atoms with Crippen LogP contribution in [0.4, 0.5) is 0 Å². The van der Waals surface area contributed by atoms with E-state index >= 15 is 0 Å². The van der Waals surface area contributed by atoms with E-state index in [1.807, 2.05) is 24.3 Å². The number of fused-ring (bicyclic) bond motifs is 2. The smallest absolute Gasteiger partial charge is 0.231 e. The summed E-state index contributed by atoms with van der Waals surface area (Å²) in [5.74, 6) is 2.35. The fourth-order valence-electron chi connectivity index (χ4n) is 2.79. The normalized spacial score (nSPS) is 12.9. The highest BCUT2D eigenvalue weighted by Gasteiger charge is 2.13. The molecule has 0 atom stereocenters. The Morgan fingerprint density at radius 1 is 1.16 bits per heavy atom. The maximum absolute atomic E-state index is 5.80. The molecule has 2 aromatic carbocycles. The number of hydrogen-bond acceptors (Lipinski definition) is 6. The predicted molar refractivity (Wildman–Crippen MR) is 98.6 cm³/mol. The zero-order chi connectivity index (χ0) is 17.1. The van der Waals surface area contributed by atoms with E-state index in [9.17, 15) is 0 Å². The van der Waals surface area contributed by atoms with Gasteiger partial charge in [-0.1, -0.05) is 12.1 Å². The third kappa shape index (κ3) is 3.86. The van der Waals surface area contributed by atoms with Crippen molar-refractivity contribution in [2.45, 2.75) is 13.0 Å². The summed E-state index contributed by atoms with van der Waals surface area (Å²) in [4.78, 5) is 6.96. The average Bonchev–Trinajstić information content (AvgIpc) is 3.24. The van der Waals surface area contributed by atoms with Crippen molar-refractivity contribution in [3.05, 3.63) is 47.5 Å². The molecule has 0 aliphatic carbocycles. The van der Waals surface area contributed by atoms with Gasteiger partial charge in [0.25, 0.3) is 0 Å². The Kier molecular flexibility index (Phi) is 4.72. The van der Waals surface area contributed by atoms with Gasteiger partial charge in [-0.15, -0.1) is 11.3 Å². The van der Waals surface area contributed by atoms with Gasteiger partial charge in [-0.05, 0) is 37.7 Å². The molecule has 0 bridgehead atoms. The Morgan fingerprint density at radius 3 is 2.96 bits per heavy atom. The summed E-state index contributed by atoms with van der Waals surface area (Å²) in [6.07, 6.45) is 0.954. The largest absolute Gasteiger partial charge is 0.493 e. The van der Waals surface area contributed by atoms with Crippen molar-refractivity contribution in [1.29, 1.82) is 0 Å². The van der Waals surface area contributed by atoms with Crippen LogP contribution in [0, 0.1) is 0 Å². The summed E-state index contributed by atoms with van der Waals surface area (Å²) in [5, 5.41) is 1.15. The standard InChI is InChI=1S/C19H20N2O3S/c1-21(12-19-20-15-5-2-3-6-18(15)25-19)9-4-10-22-14-7-8-16-17(11-14)24-13-23-16/h2-3,5-8,11H,4,9-10,12-13H2,1H3. The lowest BCUT2D eigenvalue weighted by Crippen LogP contribution is -2.20. The van der Waals surface area contributed by atoms with Crippen LogP contribution in [-0.2, 0) is 6.54 Å². The van der Waals surface area contributed by atoms with E-state index in [1.165, 1.54) is 4.70 Å². The molecule has 5 nitrogen and oxygen atoms in total. The van der Waals surface area contributed by atoms with Crippen LogP contribution in [0.15, 0.2) is 42.5 Å². The van der Waals surface area contributed by atoms with Crippen LogP contribution in [0.1, 0.15) is 11.4 Å². The quantitative estimate of drug-likeness (QED) is 0.600. The number of para-hydroxylation sites is 1. The van der Waals surface area contributed by atoms with Crippen LogP contribution in [-0.4, -0.2) is 36.9 Å². The number of ether oxygens (including phenoxy) is 3. The monoisotopic (exact) mass is 356 g/mol. The molecule has 6 heteroatoms. The van der Waals surface area contributed by atoms with Crippen LogP contribution < -0.4 is 14.2 Å². The molecule has 0 spiro atoms. The lowest BCUT2D eigenvalue weighted by molar-refractivity contribution is 0.173. The van der Waals surface area contributed by atoms with Crippen molar-refractivity contribution in [1.82, 2.24) is 9.88 Å². The fraction of sp³-hybridized carbons (Fsp3) is 0.316. The van der Waals surface area contributed by atoms with E-state index in [4.69, 9.17) is 14.2 Å².